The first kappa shape index (κ1) is 18.1. The molecule has 0 spiro atoms. The van der Waals surface area contributed by atoms with Crippen LogP contribution in [0.5, 0.6) is 0 Å². The highest BCUT2D eigenvalue weighted by atomic mass is 35.5. The number of hydrogen-bond donors (Lipinski definition) is 0. The molecule has 136 valence electrons. The third kappa shape index (κ3) is 4.30. The molecule has 9 heteroatoms. The van der Waals surface area contributed by atoms with Crippen molar-refractivity contribution in [3.63, 3.8) is 0 Å². The Morgan fingerprint density at radius 1 is 1.24 bits per heavy atom. The summed E-state index contributed by atoms with van der Waals surface area (Å²) in [5, 5.41) is 0.176. The number of sulfone groups is 1. The second-order valence-electron chi connectivity index (χ2n) is 6.29. The highest BCUT2D eigenvalue weighted by molar-refractivity contribution is 7.91. The van der Waals surface area contributed by atoms with Crippen molar-refractivity contribution in [3.05, 3.63) is 34.6 Å². The predicted octanol–water partition coefficient (Wildman–Crippen LogP) is 1.81. The zero-order valence-electron chi connectivity index (χ0n) is 13.3. The van der Waals surface area contributed by atoms with Gasteiger partial charge in [-0.05, 0) is 37.5 Å². The molecule has 0 bridgehead atoms. The van der Waals surface area contributed by atoms with E-state index in [9.17, 15) is 22.4 Å². The van der Waals surface area contributed by atoms with Gasteiger partial charge in [0, 0.05) is 17.1 Å². The van der Waals surface area contributed by atoms with E-state index in [0.717, 1.165) is 25.0 Å². The van der Waals surface area contributed by atoms with Gasteiger partial charge in [-0.25, -0.2) is 17.6 Å². The molecule has 1 aliphatic heterocycles. The van der Waals surface area contributed by atoms with E-state index in [0.29, 0.717) is 6.42 Å². The molecular formula is C16H17ClFNO5S. The van der Waals surface area contributed by atoms with E-state index in [-0.39, 0.29) is 34.2 Å². The van der Waals surface area contributed by atoms with Gasteiger partial charge in [-0.15, -0.1) is 0 Å². The van der Waals surface area contributed by atoms with Crippen molar-refractivity contribution in [2.45, 2.75) is 31.3 Å². The molecule has 0 N–H and O–H groups in total. The maximum Gasteiger partial charge on any atom is 0.341 e. The van der Waals surface area contributed by atoms with Gasteiger partial charge in [0.1, 0.15) is 5.82 Å². The van der Waals surface area contributed by atoms with Crippen molar-refractivity contribution >= 4 is 33.3 Å². The van der Waals surface area contributed by atoms with E-state index in [1.165, 1.54) is 11.0 Å². The van der Waals surface area contributed by atoms with E-state index in [4.69, 9.17) is 16.3 Å². The summed E-state index contributed by atoms with van der Waals surface area (Å²) in [5.41, 5.74) is -0.346. The maximum absolute atomic E-state index is 13.7. The number of esters is 1. The van der Waals surface area contributed by atoms with Crippen LogP contribution in [0.1, 0.15) is 29.6 Å². The summed E-state index contributed by atoms with van der Waals surface area (Å²) in [6.07, 6.45) is 2.00. The number of ether oxygens (including phenoxy) is 1. The summed E-state index contributed by atoms with van der Waals surface area (Å²) < 4.78 is 41.9. The number of nitrogens with zero attached hydrogens (tertiary/aromatic N) is 1. The van der Waals surface area contributed by atoms with Gasteiger partial charge >= 0.3 is 5.97 Å². The van der Waals surface area contributed by atoms with Crippen LogP contribution in [-0.2, 0) is 19.4 Å². The summed E-state index contributed by atoms with van der Waals surface area (Å²) in [7, 11) is -3.13. The molecule has 1 atom stereocenters. The van der Waals surface area contributed by atoms with Gasteiger partial charge in [0.15, 0.2) is 16.4 Å². The van der Waals surface area contributed by atoms with Crippen LogP contribution in [-0.4, -0.2) is 55.4 Å². The monoisotopic (exact) mass is 389 g/mol. The highest BCUT2D eigenvalue weighted by Gasteiger charge is 2.42. The van der Waals surface area contributed by atoms with Crippen LogP contribution in [0.15, 0.2) is 18.2 Å². The third-order valence-electron chi connectivity index (χ3n) is 4.31. The molecule has 0 aromatic heterocycles. The molecular weight excluding hydrogens is 373 g/mol. The average Bonchev–Trinajstić information content (AvgIpc) is 3.31. The standard InChI is InChI=1S/C16H17ClFNO5S/c17-10-1-4-14(18)13(7-10)16(21)24-8-15(20)19(11-2-3-11)12-5-6-25(22,23)9-12/h1,4,7,11-12H,2-3,5-6,8-9H2/t12-/m1/s1. The molecule has 1 amide bonds. The van der Waals surface area contributed by atoms with E-state index >= 15 is 0 Å². The number of amides is 1. The second kappa shape index (κ2) is 6.92. The number of carbonyl (C=O) groups is 2. The van der Waals surface area contributed by atoms with E-state index in [1.54, 1.807) is 0 Å². The Kier molecular flexibility index (Phi) is 5.02. The SMILES string of the molecule is O=C(OCC(=O)N(C1CC1)[C@@H]1CCS(=O)(=O)C1)c1cc(Cl)ccc1F. The van der Waals surface area contributed by atoms with Crippen molar-refractivity contribution in [2.24, 2.45) is 0 Å². The zero-order valence-corrected chi connectivity index (χ0v) is 14.9. The molecule has 2 fully saturated rings. The minimum Gasteiger partial charge on any atom is -0.452 e. The summed E-state index contributed by atoms with van der Waals surface area (Å²) in [4.78, 5) is 25.9. The van der Waals surface area contributed by atoms with Crippen LogP contribution in [0.25, 0.3) is 0 Å². The van der Waals surface area contributed by atoms with Crippen molar-refractivity contribution < 1.29 is 27.1 Å². The number of benzene rings is 1. The molecule has 25 heavy (non-hydrogen) atoms. The number of rotatable bonds is 5. The molecule has 1 saturated heterocycles. The lowest BCUT2D eigenvalue weighted by molar-refractivity contribution is -0.137. The lowest BCUT2D eigenvalue weighted by Gasteiger charge is -2.28. The molecule has 1 aromatic carbocycles. The quantitative estimate of drug-likeness (QED) is 0.717. The molecule has 0 unspecified atom stereocenters. The number of halogens is 2. The van der Waals surface area contributed by atoms with Gasteiger partial charge in [0.25, 0.3) is 5.91 Å². The number of carbonyl (C=O) groups excluding carboxylic acids is 2. The Balaban J connectivity index is 1.64. The summed E-state index contributed by atoms with van der Waals surface area (Å²) in [5.74, 6) is -2.24. The predicted molar refractivity (Wildman–Crippen MR) is 88.6 cm³/mol. The van der Waals surface area contributed by atoms with Crippen LogP contribution in [0, 0.1) is 5.82 Å². The van der Waals surface area contributed by atoms with Crippen molar-refractivity contribution in [2.75, 3.05) is 18.1 Å². The van der Waals surface area contributed by atoms with Gasteiger partial charge in [0.2, 0.25) is 0 Å². The van der Waals surface area contributed by atoms with Gasteiger partial charge in [-0.3, -0.25) is 4.79 Å². The van der Waals surface area contributed by atoms with E-state index in [2.05, 4.69) is 0 Å². The summed E-state index contributed by atoms with van der Waals surface area (Å²) >= 11 is 5.73. The molecule has 1 aliphatic carbocycles. The fourth-order valence-electron chi connectivity index (χ4n) is 2.99. The minimum absolute atomic E-state index is 0.00703. The van der Waals surface area contributed by atoms with Crippen LogP contribution < -0.4 is 0 Å². The molecule has 1 aromatic rings. The molecule has 0 radical (unpaired) electrons. The number of hydrogen-bond acceptors (Lipinski definition) is 5. The summed E-state index contributed by atoms with van der Waals surface area (Å²) in [6, 6.07) is 3.08. The Morgan fingerprint density at radius 2 is 1.96 bits per heavy atom. The van der Waals surface area contributed by atoms with E-state index < -0.39 is 34.1 Å². The molecule has 3 rings (SSSR count). The largest absolute Gasteiger partial charge is 0.452 e. The van der Waals surface area contributed by atoms with Crippen LogP contribution in [0.2, 0.25) is 5.02 Å². The topological polar surface area (TPSA) is 80.8 Å². The Bertz CT molecular complexity index is 809. The Labute approximate surface area is 149 Å². The van der Waals surface area contributed by atoms with Gasteiger partial charge in [0.05, 0.1) is 17.1 Å². The first-order chi connectivity index (χ1) is 11.8. The van der Waals surface area contributed by atoms with Crippen molar-refractivity contribution in [1.29, 1.82) is 0 Å². The zero-order chi connectivity index (χ0) is 18.2. The fourth-order valence-corrected chi connectivity index (χ4v) is 4.87. The first-order valence-electron chi connectivity index (χ1n) is 7.90. The van der Waals surface area contributed by atoms with E-state index in [1.807, 2.05) is 0 Å². The van der Waals surface area contributed by atoms with Gasteiger partial charge in [-0.1, -0.05) is 11.6 Å². The van der Waals surface area contributed by atoms with Gasteiger partial charge in [-0.2, -0.15) is 0 Å². The van der Waals surface area contributed by atoms with Gasteiger partial charge < -0.3 is 9.64 Å². The van der Waals surface area contributed by atoms with Crippen molar-refractivity contribution in [3.8, 4) is 0 Å². The summed E-state index contributed by atoms with van der Waals surface area (Å²) in [6.45, 7) is -0.558. The normalized spacial score (nSPS) is 21.8. The Morgan fingerprint density at radius 3 is 2.56 bits per heavy atom. The van der Waals surface area contributed by atoms with Crippen LogP contribution in [0.4, 0.5) is 4.39 Å². The molecule has 1 heterocycles. The molecule has 2 aliphatic rings. The Hall–Kier alpha value is -1.67. The van der Waals surface area contributed by atoms with Crippen LogP contribution in [0.3, 0.4) is 0 Å². The third-order valence-corrected chi connectivity index (χ3v) is 6.29. The average molecular weight is 390 g/mol. The fraction of sp³-hybridized carbons (Fsp3) is 0.500. The molecule has 6 nitrogen and oxygen atoms in total. The smallest absolute Gasteiger partial charge is 0.341 e. The van der Waals surface area contributed by atoms with Crippen molar-refractivity contribution in [1.82, 2.24) is 4.90 Å². The maximum atomic E-state index is 13.7. The molecule has 1 saturated carbocycles. The highest BCUT2D eigenvalue weighted by Crippen LogP contribution is 2.32. The second-order valence-corrected chi connectivity index (χ2v) is 8.95. The van der Waals surface area contributed by atoms with Crippen LogP contribution >= 0.6 is 11.6 Å². The minimum atomic E-state index is -3.13. The lowest BCUT2D eigenvalue weighted by atomic mass is 10.2. The first-order valence-corrected chi connectivity index (χ1v) is 10.1. The lowest BCUT2D eigenvalue weighted by Crippen LogP contribution is -2.44.